The molecule has 4 rings (SSSR count). The van der Waals surface area contributed by atoms with E-state index in [0.29, 0.717) is 36.6 Å². The molecule has 3 heterocycles. The van der Waals surface area contributed by atoms with Crippen LogP contribution in [0, 0.1) is 19.3 Å². The highest BCUT2D eigenvalue weighted by atomic mass is 19.4. The molecule has 0 saturated carbocycles. The molecule has 7 nitrogen and oxygen atoms in total. The molecular formula is C26H33F3N4O3. The summed E-state index contributed by atoms with van der Waals surface area (Å²) in [5.74, 6) is 0.425. The van der Waals surface area contributed by atoms with E-state index in [9.17, 15) is 13.2 Å². The topological polar surface area (TPSA) is 70.4 Å². The van der Waals surface area contributed by atoms with Gasteiger partial charge in [0.05, 0.1) is 25.8 Å². The number of methoxy groups -OCH3 is 1. The second kappa shape index (κ2) is 9.55. The van der Waals surface area contributed by atoms with Crippen LogP contribution >= 0.6 is 0 Å². The van der Waals surface area contributed by atoms with Gasteiger partial charge in [-0.2, -0.15) is 13.2 Å². The number of benzene rings is 1. The maximum Gasteiger partial charge on any atom is 0.396 e. The lowest BCUT2D eigenvalue weighted by Crippen LogP contribution is -2.47. The van der Waals surface area contributed by atoms with Gasteiger partial charge in [-0.1, -0.05) is 19.1 Å². The van der Waals surface area contributed by atoms with Gasteiger partial charge in [0.25, 0.3) is 0 Å². The maximum absolute atomic E-state index is 13.6. The van der Waals surface area contributed by atoms with Gasteiger partial charge in [0.15, 0.2) is 11.6 Å². The Morgan fingerprint density at radius 1 is 1.06 bits per heavy atom. The van der Waals surface area contributed by atoms with Crippen molar-refractivity contribution in [3.05, 3.63) is 46.9 Å². The van der Waals surface area contributed by atoms with Crippen LogP contribution < -0.4 is 10.1 Å². The summed E-state index contributed by atoms with van der Waals surface area (Å²) in [4.78, 5) is 9.12. The number of halogens is 3. The van der Waals surface area contributed by atoms with E-state index in [2.05, 4.69) is 15.3 Å². The number of pyridine rings is 1. The summed E-state index contributed by atoms with van der Waals surface area (Å²) in [6, 6.07) is 7.55. The highest BCUT2D eigenvalue weighted by molar-refractivity contribution is 5.89. The molecule has 0 radical (unpaired) electrons. The van der Waals surface area contributed by atoms with Gasteiger partial charge in [-0.15, -0.1) is 0 Å². The summed E-state index contributed by atoms with van der Waals surface area (Å²) in [5.41, 5.74) is 3.04. The third-order valence-electron chi connectivity index (χ3n) is 6.50. The van der Waals surface area contributed by atoms with E-state index >= 15 is 0 Å². The van der Waals surface area contributed by atoms with E-state index < -0.39 is 23.8 Å². The average Bonchev–Trinajstić information content (AvgIpc) is 3.14. The minimum Gasteiger partial charge on any atom is -0.497 e. The summed E-state index contributed by atoms with van der Waals surface area (Å²) in [6.07, 6.45) is -5.55. The van der Waals surface area contributed by atoms with Crippen molar-refractivity contribution in [3.63, 3.8) is 0 Å². The molecule has 1 fully saturated rings. The van der Waals surface area contributed by atoms with Gasteiger partial charge in [-0.25, -0.2) is 9.97 Å². The number of aryl methyl sites for hydroxylation is 2. The number of alkyl halides is 3. The van der Waals surface area contributed by atoms with E-state index in [4.69, 9.17) is 14.2 Å². The van der Waals surface area contributed by atoms with Crippen molar-refractivity contribution in [2.24, 2.45) is 5.41 Å². The van der Waals surface area contributed by atoms with Gasteiger partial charge in [0.1, 0.15) is 23.5 Å². The predicted molar refractivity (Wildman–Crippen MR) is 131 cm³/mol. The predicted octanol–water partition coefficient (Wildman–Crippen LogP) is 5.56. The number of aromatic nitrogens is 3. The van der Waals surface area contributed by atoms with Gasteiger partial charge < -0.3 is 24.1 Å². The van der Waals surface area contributed by atoms with Crippen LogP contribution in [0.3, 0.4) is 0 Å². The first-order valence-electron chi connectivity index (χ1n) is 11.9. The highest BCUT2D eigenvalue weighted by Gasteiger charge is 2.39. The second-order valence-electron chi connectivity index (χ2n) is 10.3. The maximum atomic E-state index is 13.6. The minimum atomic E-state index is -4.41. The van der Waals surface area contributed by atoms with Crippen LogP contribution in [0.4, 0.5) is 19.0 Å². The molecule has 0 spiro atoms. The van der Waals surface area contributed by atoms with Crippen molar-refractivity contribution >= 4 is 16.9 Å². The lowest BCUT2D eigenvalue weighted by molar-refractivity contribution is -0.284. The number of imidazole rings is 1. The quantitative estimate of drug-likeness (QED) is 0.452. The Morgan fingerprint density at radius 2 is 1.69 bits per heavy atom. The molecule has 3 aromatic rings. The number of anilines is 1. The Kier molecular flexibility index (Phi) is 6.96. The summed E-state index contributed by atoms with van der Waals surface area (Å²) in [6.45, 7) is 10.8. The molecule has 10 heteroatoms. The standard InChI is InChI=1S/C26H33F3N4O3/c1-16-17(2)31-23(30-12-18-7-9-19(34-6)10-8-18)21-22(16)33(20(32-21)11-26(27,28)29)13-25(5)14-35-24(3,4)36-15-25/h7-10H,11-15H2,1-6H3,(H,30,31). The third kappa shape index (κ3) is 5.75. The number of hydrogen-bond donors (Lipinski definition) is 1. The molecule has 0 unspecified atom stereocenters. The fourth-order valence-corrected chi connectivity index (χ4v) is 4.31. The number of nitrogens with one attached hydrogen (secondary N) is 1. The number of ether oxygens (including phenoxy) is 3. The Balaban J connectivity index is 1.74. The van der Waals surface area contributed by atoms with Crippen LogP contribution in [-0.4, -0.2) is 46.8 Å². The Bertz CT molecular complexity index is 1230. The van der Waals surface area contributed by atoms with E-state index in [0.717, 1.165) is 22.6 Å². The summed E-state index contributed by atoms with van der Waals surface area (Å²) in [7, 11) is 1.60. The van der Waals surface area contributed by atoms with Gasteiger partial charge in [0.2, 0.25) is 0 Å². The molecule has 196 valence electrons. The van der Waals surface area contributed by atoms with Gasteiger partial charge >= 0.3 is 6.18 Å². The first-order valence-corrected chi connectivity index (χ1v) is 11.9. The smallest absolute Gasteiger partial charge is 0.396 e. The second-order valence-corrected chi connectivity index (χ2v) is 10.3. The molecule has 1 aromatic carbocycles. The summed E-state index contributed by atoms with van der Waals surface area (Å²) in [5, 5.41) is 3.28. The van der Waals surface area contributed by atoms with Crippen molar-refractivity contribution in [1.29, 1.82) is 0 Å². The SMILES string of the molecule is COc1ccc(CNc2nc(C)c(C)c3c2nc(CC(F)(F)F)n3CC2(C)COC(C)(C)OC2)cc1. The van der Waals surface area contributed by atoms with Crippen LogP contribution in [0.2, 0.25) is 0 Å². The van der Waals surface area contributed by atoms with Crippen molar-refractivity contribution in [2.75, 3.05) is 25.6 Å². The fraction of sp³-hybridized carbons (Fsp3) is 0.538. The first kappa shape index (κ1) is 26.2. The molecule has 0 bridgehead atoms. The Labute approximate surface area is 209 Å². The van der Waals surface area contributed by atoms with Crippen molar-refractivity contribution < 1.29 is 27.4 Å². The molecule has 1 N–H and O–H groups in total. The molecule has 2 aromatic heterocycles. The first-order chi connectivity index (χ1) is 16.8. The molecule has 1 aliphatic rings. The van der Waals surface area contributed by atoms with Crippen LogP contribution in [0.1, 0.15) is 43.4 Å². The summed E-state index contributed by atoms with van der Waals surface area (Å²) < 4.78 is 59.4. The van der Waals surface area contributed by atoms with Crippen LogP contribution in [0.25, 0.3) is 11.0 Å². The van der Waals surface area contributed by atoms with Crippen molar-refractivity contribution in [2.45, 2.75) is 66.1 Å². The molecular weight excluding hydrogens is 473 g/mol. The largest absolute Gasteiger partial charge is 0.497 e. The van der Waals surface area contributed by atoms with Gasteiger partial charge in [-0.05, 0) is 51.0 Å². The number of nitrogens with zero attached hydrogens (tertiary/aromatic N) is 3. The zero-order chi connectivity index (χ0) is 26.3. The van der Waals surface area contributed by atoms with Gasteiger partial charge in [0, 0.05) is 24.2 Å². The summed E-state index contributed by atoms with van der Waals surface area (Å²) >= 11 is 0. The Hall–Kier alpha value is -2.85. The van der Waals surface area contributed by atoms with Crippen LogP contribution in [0.5, 0.6) is 5.75 Å². The molecule has 1 aliphatic heterocycles. The van der Waals surface area contributed by atoms with Crippen LogP contribution in [-0.2, 0) is 29.0 Å². The molecule has 1 saturated heterocycles. The zero-order valence-electron chi connectivity index (χ0n) is 21.5. The molecule has 0 aliphatic carbocycles. The lowest BCUT2D eigenvalue weighted by Gasteiger charge is -2.41. The van der Waals surface area contributed by atoms with Gasteiger partial charge in [-0.3, -0.25) is 0 Å². The fourth-order valence-electron chi connectivity index (χ4n) is 4.31. The monoisotopic (exact) mass is 506 g/mol. The third-order valence-corrected chi connectivity index (χ3v) is 6.50. The highest BCUT2D eigenvalue weighted by Crippen LogP contribution is 2.36. The van der Waals surface area contributed by atoms with E-state index in [-0.39, 0.29) is 12.4 Å². The normalized spacial score (nSPS) is 17.4. The Morgan fingerprint density at radius 3 is 2.28 bits per heavy atom. The number of hydrogen-bond acceptors (Lipinski definition) is 6. The van der Waals surface area contributed by atoms with E-state index in [1.807, 2.05) is 58.9 Å². The van der Waals surface area contributed by atoms with Crippen molar-refractivity contribution in [1.82, 2.24) is 14.5 Å². The zero-order valence-corrected chi connectivity index (χ0v) is 21.5. The van der Waals surface area contributed by atoms with E-state index in [1.165, 1.54) is 0 Å². The van der Waals surface area contributed by atoms with Crippen LogP contribution in [0.15, 0.2) is 24.3 Å². The minimum absolute atomic E-state index is 0.0495. The number of fused-ring (bicyclic) bond motifs is 1. The lowest BCUT2D eigenvalue weighted by atomic mass is 9.91. The molecule has 36 heavy (non-hydrogen) atoms. The molecule has 0 amide bonds. The van der Waals surface area contributed by atoms with Crippen molar-refractivity contribution in [3.8, 4) is 5.75 Å². The number of rotatable bonds is 7. The molecule has 0 atom stereocenters. The average molecular weight is 507 g/mol. The van der Waals surface area contributed by atoms with E-state index in [1.54, 1.807) is 11.7 Å².